The van der Waals surface area contributed by atoms with Gasteiger partial charge in [-0.3, -0.25) is 13.8 Å². The van der Waals surface area contributed by atoms with E-state index in [1.807, 2.05) is 53.0 Å². The molecule has 2 heterocycles. The largest absolute Gasteiger partial charge is 0.497 e. The number of aryl methyl sites for hydroxylation is 1. The third kappa shape index (κ3) is 5.87. The van der Waals surface area contributed by atoms with E-state index in [1.165, 1.54) is 0 Å². The summed E-state index contributed by atoms with van der Waals surface area (Å²) < 4.78 is 39.1. The van der Waals surface area contributed by atoms with E-state index in [-0.39, 0.29) is 6.61 Å². The van der Waals surface area contributed by atoms with E-state index >= 15 is 0 Å². The third-order valence-electron chi connectivity index (χ3n) is 5.46. The lowest BCUT2D eigenvalue weighted by molar-refractivity contribution is 0.328. The average molecular weight is 498 g/mol. The monoisotopic (exact) mass is 497 g/mol. The van der Waals surface area contributed by atoms with Gasteiger partial charge >= 0.3 is 0 Å². The van der Waals surface area contributed by atoms with Gasteiger partial charge in [-0.05, 0) is 31.5 Å². The zero-order valence-corrected chi connectivity index (χ0v) is 20.6. The number of methoxy groups -OCH3 is 2. The van der Waals surface area contributed by atoms with Gasteiger partial charge in [0, 0.05) is 54.4 Å². The molecule has 10 nitrogen and oxygen atoms in total. The lowest BCUT2D eigenvalue weighted by Gasteiger charge is -2.26. The van der Waals surface area contributed by atoms with Crippen LogP contribution in [0.1, 0.15) is 13.3 Å². The fraction of sp³-hybridized carbons (Fsp3) is 0.292. The molecule has 4 aromatic rings. The van der Waals surface area contributed by atoms with E-state index in [1.54, 1.807) is 32.7 Å². The Morgan fingerprint density at radius 3 is 2.40 bits per heavy atom. The Labute approximate surface area is 205 Å². The van der Waals surface area contributed by atoms with Gasteiger partial charge in [0.1, 0.15) is 11.5 Å². The van der Waals surface area contributed by atoms with Crippen molar-refractivity contribution >= 4 is 33.4 Å². The number of anilines is 2. The molecule has 0 unspecified atom stereocenters. The summed E-state index contributed by atoms with van der Waals surface area (Å²) in [6.45, 7) is 3.36. The zero-order chi connectivity index (χ0) is 24.8. The summed E-state index contributed by atoms with van der Waals surface area (Å²) in [7, 11) is 0.297. The van der Waals surface area contributed by atoms with Gasteiger partial charge in [-0.15, -0.1) is 0 Å². The number of hydrogen-bond donors (Lipinski definition) is 1. The predicted octanol–water partition coefficient (Wildman–Crippen LogP) is 3.60. The Hall–Kier alpha value is -3.70. The van der Waals surface area contributed by atoms with Crippen LogP contribution in [-0.2, 0) is 21.7 Å². The Kier molecular flexibility index (Phi) is 7.78. The van der Waals surface area contributed by atoms with Crippen molar-refractivity contribution in [1.29, 1.82) is 0 Å². The summed E-state index contributed by atoms with van der Waals surface area (Å²) in [5, 5.41) is 4.33. The number of benzene rings is 2. The second kappa shape index (κ2) is 11.2. The first-order chi connectivity index (χ1) is 17.0. The van der Waals surface area contributed by atoms with Gasteiger partial charge in [-0.25, -0.2) is 13.4 Å². The van der Waals surface area contributed by atoms with Gasteiger partial charge in [-0.1, -0.05) is 0 Å². The van der Waals surface area contributed by atoms with Crippen LogP contribution in [0.25, 0.3) is 22.3 Å². The molecule has 0 atom stereocenters. The summed E-state index contributed by atoms with van der Waals surface area (Å²) in [5.41, 5.74) is 4.79. The molecule has 2 aromatic heterocycles. The maximum Gasteiger partial charge on any atom is 0.257 e. The molecule has 35 heavy (non-hydrogen) atoms. The number of rotatable bonds is 11. The minimum Gasteiger partial charge on any atom is -0.497 e. The van der Waals surface area contributed by atoms with Gasteiger partial charge in [0.25, 0.3) is 11.0 Å². The third-order valence-corrected chi connectivity index (χ3v) is 5.85. The molecule has 0 amide bonds. The van der Waals surface area contributed by atoms with Gasteiger partial charge in [0.15, 0.2) is 0 Å². The van der Waals surface area contributed by atoms with E-state index in [9.17, 15) is 8.42 Å². The molecule has 0 saturated carbocycles. The number of nitrogens with zero attached hydrogens (tertiary/aromatic N) is 5. The average Bonchev–Trinajstić information content (AvgIpc) is 3.37. The maximum absolute atomic E-state index is 10.8. The molecule has 0 bridgehead atoms. The zero-order valence-electron chi connectivity index (χ0n) is 19.7. The molecule has 0 spiro atoms. The molecular weight excluding hydrogens is 470 g/mol. The Balaban J connectivity index is 1.73. The number of hydrogen-bond acceptors (Lipinski definition) is 9. The second-order valence-corrected chi connectivity index (χ2v) is 8.35. The molecular formula is C24H27N5O5S. The van der Waals surface area contributed by atoms with E-state index < -0.39 is 11.0 Å². The van der Waals surface area contributed by atoms with Crippen molar-refractivity contribution in [2.75, 3.05) is 32.3 Å². The highest BCUT2D eigenvalue weighted by Gasteiger charge is 2.15. The van der Waals surface area contributed by atoms with E-state index in [2.05, 4.69) is 10.1 Å². The van der Waals surface area contributed by atoms with Crippen LogP contribution in [0.15, 0.2) is 55.0 Å². The molecule has 0 saturated heterocycles. The van der Waals surface area contributed by atoms with Crippen LogP contribution in [0.2, 0.25) is 0 Å². The van der Waals surface area contributed by atoms with Crippen molar-refractivity contribution < 1.29 is 22.1 Å². The summed E-state index contributed by atoms with van der Waals surface area (Å²) in [5.74, 6) is 1.28. The number of ether oxygens (including phenoxy) is 2. The van der Waals surface area contributed by atoms with Crippen LogP contribution in [0.3, 0.4) is 0 Å². The Morgan fingerprint density at radius 1 is 0.971 bits per heavy atom. The van der Waals surface area contributed by atoms with Gasteiger partial charge < -0.3 is 14.4 Å². The number of aromatic nitrogens is 4. The smallest absolute Gasteiger partial charge is 0.257 e. The molecule has 0 N–H and O–H groups in total. The highest BCUT2D eigenvalue weighted by atomic mass is 32.2. The van der Waals surface area contributed by atoms with Crippen LogP contribution in [-0.4, -0.2) is 55.5 Å². The number of fused-ring (bicyclic) bond motifs is 1. The van der Waals surface area contributed by atoms with Crippen LogP contribution in [0.5, 0.6) is 11.5 Å². The first-order valence-electron chi connectivity index (χ1n) is 11.1. The highest BCUT2D eigenvalue weighted by molar-refractivity contribution is 7.67. The minimum atomic E-state index is -2.89. The fourth-order valence-corrected chi connectivity index (χ4v) is 3.97. The molecule has 2 aromatic carbocycles. The Bertz CT molecular complexity index is 1360. The maximum atomic E-state index is 10.8. The quantitative estimate of drug-likeness (QED) is 0.246. The molecule has 184 valence electrons. The lowest BCUT2D eigenvalue weighted by Crippen LogP contribution is -2.20. The second-order valence-electron chi connectivity index (χ2n) is 7.65. The van der Waals surface area contributed by atoms with Crippen LogP contribution < -0.4 is 14.4 Å². The van der Waals surface area contributed by atoms with Crippen LogP contribution >= 0.6 is 0 Å². The number of thiol groups is 1. The molecule has 0 aliphatic rings. The SMILES string of the molecule is CCn1cc(-c2cnc3ccc(N(CCCO[SH](=O)=O)c4cc(OC)cc(OC)c4)cc3n2)cn1. The minimum absolute atomic E-state index is 0.0786. The van der Waals surface area contributed by atoms with Crippen molar-refractivity contribution in [3.8, 4) is 22.8 Å². The first-order valence-corrected chi connectivity index (χ1v) is 12.2. The fourth-order valence-electron chi connectivity index (χ4n) is 3.69. The molecule has 11 heteroatoms. The topological polar surface area (TPSA) is 109 Å². The summed E-state index contributed by atoms with van der Waals surface area (Å²) in [6.07, 6.45) is 5.93. The van der Waals surface area contributed by atoms with Gasteiger partial charge in [0.05, 0.1) is 49.9 Å². The molecule has 0 fully saturated rings. The molecule has 4 rings (SSSR count). The van der Waals surface area contributed by atoms with E-state index in [0.29, 0.717) is 24.5 Å². The first kappa shape index (κ1) is 24.4. The van der Waals surface area contributed by atoms with E-state index in [4.69, 9.17) is 18.6 Å². The molecule has 0 radical (unpaired) electrons. The predicted molar refractivity (Wildman–Crippen MR) is 134 cm³/mol. The summed E-state index contributed by atoms with van der Waals surface area (Å²) in [4.78, 5) is 11.4. The van der Waals surface area contributed by atoms with Gasteiger partial charge in [-0.2, -0.15) is 5.10 Å². The van der Waals surface area contributed by atoms with Crippen molar-refractivity contribution in [3.05, 3.63) is 55.0 Å². The van der Waals surface area contributed by atoms with E-state index in [0.717, 1.165) is 40.2 Å². The summed E-state index contributed by atoms with van der Waals surface area (Å²) in [6, 6.07) is 11.4. The van der Waals surface area contributed by atoms with Crippen LogP contribution in [0.4, 0.5) is 11.4 Å². The summed E-state index contributed by atoms with van der Waals surface area (Å²) >= 11 is 0. The highest BCUT2D eigenvalue weighted by Crippen LogP contribution is 2.34. The Morgan fingerprint density at radius 2 is 1.74 bits per heavy atom. The molecule has 0 aliphatic carbocycles. The normalized spacial score (nSPS) is 11.2. The van der Waals surface area contributed by atoms with Gasteiger partial charge in [0.2, 0.25) is 0 Å². The van der Waals surface area contributed by atoms with Crippen molar-refractivity contribution in [1.82, 2.24) is 19.7 Å². The van der Waals surface area contributed by atoms with Crippen molar-refractivity contribution in [2.24, 2.45) is 0 Å². The van der Waals surface area contributed by atoms with Crippen LogP contribution in [0, 0.1) is 0 Å². The standard InChI is InChI=1S/C24H27N5O5S/c1-4-28-16-17(14-26-28)24-15-25-22-7-6-18(12-23(22)27-24)29(8-5-9-34-35(30)31)19-10-20(32-2)13-21(11-19)33-3/h6-7,10-16,35H,4-5,8-9H2,1-3H3. The molecule has 0 aliphatic heterocycles. The van der Waals surface area contributed by atoms with Crippen molar-refractivity contribution in [3.63, 3.8) is 0 Å². The van der Waals surface area contributed by atoms with Crippen molar-refractivity contribution in [2.45, 2.75) is 19.9 Å². The lowest BCUT2D eigenvalue weighted by atomic mass is 10.1.